The molecule has 3 rings (SSSR count). The van der Waals surface area contributed by atoms with Crippen LogP contribution in [0.2, 0.25) is 0 Å². The van der Waals surface area contributed by atoms with E-state index in [4.69, 9.17) is 4.42 Å². The Morgan fingerprint density at radius 1 is 1.15 bits per heavy atom. The van der Waals surface area contributed by atoms with Crippen molar-refractivity contribution in [3.05, 3.63) is 54.0 Å². The molecule has 1 aliphatic heterocycles. The molecule has 1 amide bonds. The maximum absolute atomic E-state index is 13.1. The first-order valence-corrected chi connectivity index (χ1v) is 8.42. The number of halogens is 3. The minimum Gasteiger partial charge on any atom is -0.465 e. The SMILES string of the molecule is O=C(C=Cc1ccco1)Nc1cc(C(F)(F)F)ccc1N1CCCCC1. The first-order chi connectivity index (χ1) is 12.4. The Morgan fingerprint density at radius 3 is 2.58 bits per heavy atom. The van der Waals surface area contributed by atoms with Crippen molar-refractivity contribution in [1.29, 1.82) is 0 Å². The lowest BCUT2D eigenvalue weighted by Crippen LogP contribution is -2.30. The smallest absolute Gasteiger partial charge is 0.416 e. The Bertz CT molecular complexity index is 777. The molecule has 0 aliphatic carbocycles. The zero-order chi connectivity index (χ0) is 18.6. The summed E-state index contributed by atoms with van der Waals surface area (Å²) in [7, 11) is 0. The molecule has 0 spiro atoms. The van der Waals surface area contributed by atoms with Crippen LogP contribution in [0.1, 0.15) is 30.6 Å². The highest BCUT2D eigenvalue weighted by molar-refractivity contribution is 6.03. The predicted molar refractivity (Wildman–Crippen MR) is 93.9 cm³/mol. The Balaban J connectivity index is 1.85. The fourth-order valence-electron chi connectivity index (χ4n) is 2.94. The highest BCUT2D eigenvalue weighted by Crippen LogP contribution is 2.36. The summed E-state index contributed by atoms with van der Waals surface area (Å²) in [5.74, 6) is -0.0283. The van der Waals surface area contributed by atoms with Crippen molar-refractivity contribution in [1.82, 2.24) is 0 Å². The summed E-state index contributed by atoms with van der Waals surface area (Å²) in [6, 6.07) is 6.83. The van der Waals surface area contributed by atoms with Gasteiger partial charge in [-0.15, -0.1) is 0 Å². The van der Waals surface area contributed by atoms with Gasteiger partial charge >= 0.3 is 6.18 Å². The molecule has 138 valence electrons. The van der Waals surface area contributed by atoms with Gasteiger partial charge in [-0.3, -0.25) is 4.79 Å². The summed E-state index contributed by atoms with van der Waals surface area (Å²) in [6.07, 6.45) is 2.76. The monoisotopic (exact) mass is 364 g/mol. The van der Waals surface area contributed by atoms with Crippen molar-refractivity contribution in [2.24, 2.45) is 0 Å². The van der Waals surface area contributed by atoms with Gasteiger partial charge in [-0.25, -0.2) is 0 Å². The highest BCUT2D eigenvalue weighted by Gasteiger charge is 2.31. The van der Waals surface area contributed by atoms with Gasteiger partial charge in [-0.1, -0.05) is 0 Å². The molecule has 1 aromatic carbocycles. The Labute approximate surface area is 149 Å². The average Bonchev–Trinajstić information content (AvgIpc) is 3.13. The predicted octanol–water partition coefficient (Wildman–Crippen LogP) is 4.94. The lowest BCUT2D eigenvalue weighted by Gasteiger charge is -2.31. The van der Waals surface area contributed by atoms with Crippen molar-refractivity contribution in [3.63, 3.8) is 0 Å². The molecule has 0 saturated carbocycles. The van der Waals surface area contributed by atoms with Gasteiger partial charge in [0.05, 0.1) is 23.2 Å². The number of nitrogens with zero attached hydrogens (tertiary/aromatic N) is 1. The second kappa shape index (κ2) is 7.68. The van der Waals surface area contributed by atoms with Crippen LogP contribution in [0.25, 0.3) is 6.08 Å². The topological polar surface area (TPSA) is 45.5 Å². The molecule has 1 aliphatic rings. The lowest BCUT2D eigenvalue weighted by atomic mass is 10.1. The molecule has 0 bridgehead atoms. The molecule has 1 saturated heterocycles. The van der Waals surface area contributed by atoms with Crippen LogP contribution in [-0.4, -0.2) is 19.0 Å². The molecule has 2 heterocycles. The minimum absolute atomic E-state index is 0.163. The van der Waals surface area contributed by atoms with Crippen LogP contribution < -0.4 is 10.2 Å². The zero-order valence-corrected chi connectivity index (χ0v) is 14.1. The number of alkyl halides is 3. The number of carbonyl (C=O) groups is 1. The molecular weight excluding hydrogens is 345 g/mol. The molecule has 1 aromatic heterocycles. The van der Waals surface area contributed by atoms with E-state index in [2.05, 4.69) is 5.32 Å². The van der Waals surface area contributed by atoms with Crippen LogP contribution in [0.5, 0.6) is 0 Å². The van der Waals surface area contributed by atoms with E-state index in [-0.39, 0.29) is 5.69 Å². The molecule has 7 heteroatoms. The summed E-state index contributed by atoms with van der Waals surface area (Å²) in [5, 5.41) is 2.57. The molecule has 4 nitrogen and oxygen atoms in total. The number of rotatable bonds is 4. The normalized spacial score (nSPS) is 15.4. The fraction of sp³-hybridized carbons (Fsp3) is 0.316. The number of anilines is 2. The number of nitrogens with one attached hydrogen (secondary N) is 1. The van der Waals surface area contributed by atoms with Crippen LogP contribution in [-0.2, 0) is 11.0 Å². The minimum atomic E-state index is -4.47. The molecule has 1 fully saturated rings. The van der Waals surface area contributed by atoms with E-state index in [0.717, 1.165) is 44.5 Å². The lowest BCUT2D eigenvalue weighted by molar-refractivity contribution is -0.137. The summed E-state index contributed by atoms with van der Waals surface area (Å²) in [4.78, 5) is 14.2. The van der Waals surface area contributed by atoms with Gasteiger partial charge in [0.2, 0.25) is 5.91 Å². The van der Waals surface area contributed by atoms with Crippen molar-refractivity contribution < 1.29 is 22.4 Å². The van der Waals surface area contributed by atoms with Crippen molar-refractivity contribution in [3.8, 4) is 0 Å². The zero-order valence-electron chi connectivity index (χ0n) is 14.1. The van der Waals surface area contributed by atoms with Gasteiger partial charge in [0.25, 0.3) is 0 Å². The van der Waals surface area contributed by atoms with Gasteiger partial charge in [-0.2, -0.15) is 13.2 Å². The van der Waals surface area contributed by atoms with Crippen LogP contribution in [0.15, 0.2) is 47.1 Å². The summed E-state index contributed by atoms with van der Waals surface area (Å²) in [5.41, 5.74) is -0.0168. The van der Waals surface area contributed by atoms with Crippen molar-refractivity contribution in [2.75, 3.05) is 23.3 Å². The number of hydrogen-bond acceptors (Lipinski definition) is 3. The third-order valence-corrected chi connectivity index (χ3v) is 4.22. The fourth-order valence-corrected chi connectivity index (χ4v) is 2.94. The number of carbonyl (C=O) groups excluding carboxylic acids is 1. The summed E-state index contributed by atoms with van der Waals surface area (Å²) < 4.78 is 44.3. The number of furan rings is 1. The van der Waals surface area contributed by atoms with Crippen LogP contribution in [0.3, 0.4) is 0 Å². The molecule has 2 aromatic rings. The third kappa shape index (κ3) is 4.47. The molecule has 1 N–H and O–H groups in total. The Kier molecular flexibility index (Phi) is 5.35. The number of benzene rings is 1. The van der Waals surface area contributed by atoms with E-state index < -0.39 is 17.6 Å². The Morgan fingerprint density at radius 2 is 1.92 bits per heavy atom. The van der Waals surface area contributed by atoms with E-state index >= 15 is 0 Å². The molecule has 0 atom stereocenters. The summed E-state index contributed by atoms with van der Waals surface area (Å²) in [6.45, 7) is 1.52. The standard InChI is InChI=1S/C19H19F3N2O2/c20-19(21,22)14-6-8-17(24-10-2-1-3-11-24)16(13-14)23-18(25)9-7-15-5-4-12-26-15/h4-9,12-13H,1-3,10-11H2,(H,23,25). The third-order valence-electron chi connectivity index (χ3n) is 4.22. The molecule has 26 heavy (non-hydrogen) atoms. The van der Waals surface area contributed by atoms with Gasteiger partial charge < -0.3 is 14.6 Å². The first-order valence-electron chi connectivity index (χ1n) is 8.42. The maximum Gasteiger partial charge on any atom is 0.416 e. The molecule has 0 radical (unpaired) electrons. The van der Waals surface area contributed by atoms with E-state index in [0.29, 0.717) is 11.4 Å². The van der Waals surface area contributed by atoms with E-state index in [9.17, 15) is 18.0 Å². The maximum atomic E-state index is 13.1. The van der Waals surface area contributed by atoms with E-state index in [1.165, 1.54) is 24.5 Å². The van der Waals surface area contributed by atoms with Gasteiger partial charge in [0.1, 0.15) is 5.76 Å². The number of piperidine rings is 1. The van der Waals surface area contributed by atoms with Crippen LogP contribution in [0.4, 0.5) is 24.5 Å². The first kappa shape index (κ1) is 18.1. The van der Waals surface area contributed by atoms with Gasteiger partial charge in [0.15, 0.2) is 0 Å². The Hall–Kier alpha value is -2.70. The number of amides is 1. The van der Waals surface area contributed by atoms with Gasteiger partial charge in [-0.05, 0) is 55.7 Å². The van der Waals surface area contributed by atoms with Crippen LogP contribution in [0, 0.1) is 0 Å². The molecule has 0 unspecified atom stereocenters. The van der Waals surface area contributed by atoms with Gasteiger partial charge in [0, 0.05) is 19.2 Å². The quantitative estimate of drug-likeness (QED) is 0.782. The van der Waals surface area contributed by atoms with Crippen molar-refractivity contribution in [2.45, 2.75) is 25.4 Å². The molecular formula is C19H19F3N2O2. The number of hydrogen-bond donors (Lipinski definition) is 1. The largest absolute Gasteiger partial charge is 0.465 e. The van der Waals surface area contributed by atoms with E-state index in [1.807, 2.05) is 4.90 Å². The second-order valence-corrected chi connectivity index (χ2v) is 6.12. The second-order valence-electron chi connectivity index (χ2n) is 6.12. The van der Waals surface area contributed by atoms with Crippen molar-refractivity contribution >= 4 is 23.4 Å². The van der Waals surface area contributed by atoms with E-state index in [1.54, 1.807) is 12.1 Å². The average molecular weight is 364 g/mol. The highest BCUT2D eigenvalue weighted by atomic mass is 19.4. The van der Waals surface area contributed by atoms with Crippen LogP contribution >= 0.6 is 0 Å². The summed E-state index contributed by atoms with van der Waals surface area (Å²) >= 11 is 0.